The predicted molar refractivity (Wildman–Crippen MR) is 77.0 cm³/mol. The van der Waals surface area contributed by atoms with Gasteiger partial charge in [-0.3, -0.25) is 4.79 Å². The van der Waals surface area contributed by atoms with Crippen LogP contribution in [0, 0.1) is 17.3 Å². The first-order valence-corrected chi connectivity index (χ1v) is 7.44. The van der Waals surface area contributed by atoms with Crippen molar-refractivity contribution in [1.29, 1.82) is 0 Å². The Morgan fingerprint density at radius 3 is 2.61 bits per heavy atom. The maximum Gasteiger partial charge on any atom is 0.307 e. The van der Waals surface area contributed by atoms with Gasteiger partial charge >= 0.3 is 5.97 Å². The van der Waals surface area contributed by atoms with Crippen LogP contribution in [-0.2, 0) is 4.79 Å². The Labute approximate surface area is 115 Å². The van der Waals surface area contributed by atoms with Crippen molar-refractivity contribution in [3.63, 3.8) is 0 Å². The topological polar surface area (TPSA) is 37.3 Å². The van der Waals surface area contributed by atoms with Gasteiger partial charge in [-0.2, -0.15) is 12.6 Å². The van der Waals surface area contributed by atoms with Gasteiger partial charge in [0.2, 0.25) is 0 Å². The van der Waals surface area contributed by atoms with Gasteiger partial charge in [-0.15, -0.1) is 0 Å². The summed E-state index contributed by atoms with van der Waals surface area (Å²) in [7, 11) is 0. The fourth-order valence-corrected chi connectivity index (χ4v) is 4.70. The van der Waals surface area contributed by atoms with Gasteiger partial charge in [0.05, 0.1) is 5.92 Å². The van der Waals surface area contributed by atoms with Crippen LogP contribution in [0.5, 0.6) is 0 Å². The quantitative estimate of drug-likeness (QED) is 0.558. The van der Waals surface area contributed by atoms with E-state index < -0.39 is 5.97 Å². The first-order chi connectivity index (χ1) is 8.35. The predicted octanol–water partition coefficient (Wildman–Crippen LogP) is 3.92. The van der Waals surface area contributed by atoms with Crippen molar-refractivity contribution in [3.8, 4) is 0 Å². The van der Waals surface area contributed by atoms with Gasteiger partial charge in [0.15, 0.2) is 0 Å². The molecule has 0 aromatic carbocycles. The molecule has 0 aromatic rings. The van der Waals surface area contributed by atoms with Crippen molar-refractivity contribution in [3.05, 3.63) is 11.1 Å². The van der Waals surface area contributed by atoms with Crippen LogP contribution in [0.15, 0.2) is 11.1 Å². The number of allylic oxidation sites excluding steroid dienone is 2. The number of fused-ring (bicyclic) bond motifs is 1. The molecule has 102 valence electrons. The second kappa shape index (κ2) is 4.92. The number of rotatable bonds is 1. The molecule has 4 unspecified atom stereocenters. The zero-order chi connectivity index (χ0) is 13.5. The van der Waals surface area contributed by atoms with E-state index in [1.54, 1.807) is 5.57 Å². The average Bonchev–Trinajstić information content (AvgIpc) is 2.49. The number of hydrogen-bond acceptors (Lipinski definition) is 2. The lowest BCUT2D eigenvalue weighted by molar-refractivity contribution is -0.141. The second-order valence-corrected chi connectivity index (χ2v) is 7.19. The van der Waals surface area contributed by atoms with Crippen LogP contribution >= 0.6 is 12.6 Å². The molecule has 2 nitrogen and oxygen atoms in total. The third-order valence-electron chi connectivity index (χ3n) is 5.09. The molecule has 0 spiro atoms. The van der Waals surface area contributed by atoms with Gasteiger partial charge < -0.3 is 5.11 Å². The second-order valence-electron chi connectivity index (χ2n) is 6.53. The molecule has 0 aliphatic heterocycles. The lowest BCUT2D eigenvalue weighted by atomic mass is 9.74. The minimum atomic E-state index is -0.669. The van der Waals surface area contributed by atoms with Crippen LogP contribution < -0.4 is 0 Å². The van der Waals surface area contributed by atoms with Gasteiger partial charge in [0.1, 0.15) is 0 Å². The van der Waals surface area contributed by atoms with Gasteiger partial charge in [-0.25, -0.2) is 0 Å². The van der Waals surface area contributed by atoms with Crippen LogP contribution in [-0.4, -0.2) is 16.3 Å². The van der Waals surface area contributed by atoms with Crippen molar-refractivity contribution in [2.75, 3.05) is 0 Å². The SMILES string of the molecule is CC(C)=C1CCC2(C)CC(S)C(C(=O)O)CCC12. The number of carboxylic acid groups (broad SMARTS) is 1. The maximum atomic E-state index is 11.3. The maximum absolute atomic E-state index is 11.3. The lowest BCUT2D eigenvalue weighted by Gasteiger charge is -2.32. The molecule has 2 aliphatic carbocycles. The van der Waals surface area contributed by atoms with E-state index in [1.807, 2.05) is 0 Å². The first-order valence-electron chi connectivity index (χ1n) is 6.92. The smallest absolute Gasteiger partial charge is 0.307 e. The number of hydrogen-bond donors (Lipinski definition) is 2. The summed E-state index contributed by atoms with van der Waals surface area (Å²) in [6, 6.07) is 0. The molecule has 0 radical (unpaired) electrons. The van der Waals surface area contributed by atoms with E-state index in [0.717, 1.165) is 19.3 Å². The number of aliphatic carboxylic acids is 1. The zero-order valence-corrected chi connectivity index (χ0v) is 12.5. The Balaban J connectivity index is 2.28. The molecular formula is C15H24O2S. The Kier molecular flexibility index (Phi) is 3.82. The van der Waals surface area contributed by atoms with Gasteiger partial charge in [0.25, 0.3) is 0 Å². The van der Waals surface area contributed by atoms with Gasteiger partial charge in [-0.1, -0.05) is 18.1 Å². The molecule has 2 aliphatic rings. The van der Waals surface area contributed by atoms with E-state index in [2.05, 4.69) is 33.4 Å². The van der Waals surface area contributed by atoms with Crippen LogP contribution in [0.3, 0.4) is 0 Å². The highest BCUT2D eigenvalue weighted by Gasteiger charge is 2.47. The van der Waals surface area contributed by atoms with Gasteiger partial charge in [-0.05, 0) is 57.3 Å². The summed E-state index contributed by atoms with van der Waals surface area (Å²) in [6.45, 7) is 6.72. The molecular weight excluding hydrogens is 244 g/mol. The fourth-order valence-electron chi connectivity index (χ4n) is 4.00. The fraction of sp³-hybridized carbons (Fsp3) is 0.800. The molecule has 2 rings (SSSR count). The van der Waals surface area contributed by atoms with Crippen molar-refractivity contribution in [2.24, 2.45) is 17.3 Å². The molecule has 0 bridgehead atoms. The third-order valence-corrected chi connectivity index (χ3v) is 5.64. The van der Waals surface area contributed by atoms with Crippen LogP contribution in [0.2, 0.25) is 0 Å². The minimum absolute atomic E-state index is 0.00834. The van der Waals surface area contributed by atoms with Crippen LogP contribution in [0.1, 0.15) is 52.9 Å². The molecule has 1 N–H and O–H groups in total. The standard InChI is InChI=1S/C15H24O2S/c1-9(2)10-6-7-15(3)8-13(18)11(14(16)17)4-5-12(10)15/h11-13,18H,4-8H2,1-3H3,(H,16,17). The number of carboxylic acids is 1. The van der Waals surface area contributed by atoms with Crippen molar-refractivity contribution in [1.82, 2.24) is 0 Å². The van der Waals surface area contributed by atoms with E-state index in [-0.39, 0.29) is 16.6 Å². The van der Waals surface area contributed by atoms with E-state index in [9.17, 15) is 9.90 Å². The largest absolute Gasteiger partial charge is 0.481 e. The average molecular weight is 268 g/mol. The summed E-state index contributed by atoms with van der Waals surface area (Å²) < 4.78 is 0. The highest BCUT2D eigenvalue weighted by Crippen LogP contribution is 2.55. The molecule has 2 fully saturated rings. The van der Waals surface area contributed by atoms with Crippen molar-refractivity contribution >= 4 is 18.6 Å². The normalized spacial score (nSPS) is 40.2. The zero-order valence-electron chi connectivity index (χ0n) is 11.6. The molecule has 2 saturated carbocycles. The van der Waals surface area contributed by atoms with E-state index in [0.29, 0.717) is 5.92 Å². The summed E-state index contributed by atoms with van der Waals surface area (Å²) in [5.41, 5.74) is 3.29. The molecule has 0 amide bonds. The molecule has 3 heteroatoms. The summed E-state index contributed by atoms with van der Waals surface area (Å²) in [4.78, 5) is 11.3. The van der Waals surface area contributed by atoms with E-state index >= 15 is 0 Å². The Morgan fingerprint density at radius 2 is 2.06 bits per heavy atom. The summed E-state index contributed by atoms with van der Waals surface area (Å²) in [6.07, 6.45) is 5.13. The highest BCUT2D eigenvalue weighted by molar-refractivity contribution is 7.81. The molecule has 0 heterocycles. The Hall–Kier alpha value is -0.440. The Bertz CT molecular complexity index is 384. The molecule has 4 atom stereocenters. The van der Waals surface area contributed by atoms with E-state index in [4.69, 9.17) is 0 Å². The molecule has 18 heavy (non-hydrogen) atoms. The lowest BCUT2D eigenvalue weighted by Crippen LogP contribution is -2.27. The summed E-state index contributed by atoms with van der Waals surface area (Å²) in [5.74, 6) is -0.354. The monoisotopic (exact) mass is 268 g/mol. The third kappa shape index (κ3) is 2.34. The molecule has 0 saturated heterocycles. The number of carbonyl (C=O) groups is 1. The minimum Gasteiger partial charge on any atom is -0.481 e. The molecule has 0 aromatic heterocycles. The van der Waals surface area contributed by atoms with E-state index in [1.165, 1.54) is 18.4 Å². The first kappa shape index (κ1) is 14.0. The van der Waals surface area contributed by atoms with Gasteiger partial charge in [0, 0.05) is 5.25 Å². The summed E-state index contributed by atoms with van der Waals surface area (Å²) in [5, 5.41) is 9.30. The number of thiol groups is 1. The van der Waals surface area contributed by atoms with Crippen LogP contribution in [0.4, 0.5) is 0 Å². The van der Waals surface area contributed by atoms with Crippen molar-refractivity contribution in [2.45, 2.75) is 58.1 Å². The Morgan fingerprint density at radius 1 is 1.39 bits per heavy atom. The van der Waals surface area contributed by atoms with Crippen LogP contribution in [0.25, 0.3) is 0 Å². The summed E-state index contributed by atoms with van der Waals surface area (Å²) >= 11 is 4.58. The highest BCUT2D eigenvalue weighted by atomic mass is 32.1. The van der Waals surface area contributed by atoms with Crippen molar-refractivity contribution < 1.29 is 9.90 Å².